The summed E-state index contributed by atoms with van der Waals surface area (Å²) in [5.41, 5.74) is -0.653. The number of fused-ring (bicyclic) bond motifs is 1. The van der Waals surface area contributed by atoms with E-state index in [1.54, 1.807) is 4.90 Å². The van der Waals surface area contributed by atoms with E-state index < -0.39 is 34.6 Å². The van der Waals surface area contributed by atoms with Crippen molar-refractivity contribution in [2.45, 2.75) is 127 Å². The van der Waals surface area contributed by atoms with Gasteiger partial charge in [-0.05, 0) is 77.0 Å². The molecule has 3 heterocycles. The summed E-state index contributed by atoms with van der Waals surface area (Å²) in [6.45, 7) is 7.69. The zero-order chi connectivity index (χ0) is 28.3. The maximum absolute atomic E-state index is 14.4. The van der Waals surface area contributed by atoms with Gasteiger partial charge < -0.3 is 15.4 Å². The van der Waals surface area contributed by atoms with Crippen molar-refractivity contribution in [1.29, 1.82) is 0 Å². The molecule has 4 fully saturated rings. The Morgan fingerprint density at radius 3 is 2.15 bits per heavy atom. The fourth-order valence-electron chi connectivity index (χ4n) is 8.13. The van der Waals surface area contributed by atoms with E-state index >= 15 is 0 Å². The Labute approximate surface area is 238 Å². The number of hydrogen-bond acceptors (Lipinski definition) is 4. The molecule has 2 saturated carbocycles. The van der Waals surface area contributed by atoms with Gasteiger partial charge in [-0.3, -0.25) is 19.3 Å². The largest absolute Gasteiger partial charge is 0.356 e. The first-order valence-electron chi connectivity index (χ1n) is 15.5. The van der Waals surface area contributed by atoms with Gasteiger partial charge in [0, 0.05) is 17.3 Å². The van der Waals surface area contributed by atoms with E-state index in [1.807, 2.05) is 52.0 Å². The number of anilines is 1. The highest BCUT2D eigenvalue weighted by atomic mass is 16.5. The molecule has 3 aliphatic heterocycles. The first kappa shape index (κ1) is 27.5. The summed E-state index contributed by atoms with van der Waals surface area (Å²) in [6, 6.07) is 7.41. The number of nitrogens with one attached hydrogen (secondary N) is 2. The lowest BCUT2D eigenvalue weighted by Gasteiger charge is -2.35. The molecular formula is C33H45N3O4. The van der Waals surface area contributed by atoms with Crippen LogP contribution in [-0.4, -0.2) is 46.5 Å². The highest BCUT2D eigenvalue weighted by molar-refractivity contribution is 6.10. The number of carbonyl (C=O) groups excluding carboxylic acids is 3. The Kier molecular flexibility index (Phi) is 6.88. The quantitative estimate of drug-likeness (QED) is 0.500. The molecule has 0 radical (unpaired) electrons. The van der Waals surface area contributed by atoms with Gasteiger partial charge in [0.05, 0.1) is 17.4 Å². The normalized spacial score (nSPS) is 34.2. The second kappa shape index (κ2) is 10.0. The Morgan fingerprint density at radius 1 is 0.900 bits per heavy atom. The summed E-state index contributed by atoms with van der Waals surface area (Å²) in [4.78, 5) is 43.9. The van der Waals surface area contributed by atoms with Crippen molar-refractivity contribution in [3.8, 4) is 0 Å². The lowest BCUT2D eigenvalue weighted by atomic mass is 9.70. The van der Waals surface area contributed by atoms with E-state index in [1.165, 1.54) is 44.1 Å². The number of hydrogen-bond donors (Lipinski definition) is 2. The standard InChI is InChI=1S/C33H45N3O4/c1-31(2,3)35-29(38)27-33-20-19-32(4,40-33)25(28(37)34-23-13-9-6-10-14-23)26(33)30(39)36(27)24-17-15-22(16-18-24)21-11-7-5-8-12-21/h15-21,23,25-27H,5-14H2,1-4H3,(H,34,37)(H,35,38)/t25-,26+,27-,32+,33-/m0/s1. The maximum Gasteiger partial charge on any atom is 0.246 e. The van der Waals surface area contributed by atoms with Crippen LogP contribution in [-0.2, 0) is 19.1 Å². The summed E-state index contributed by atoms with van der Waals surface area (Å²) >= 11 is 0. The number of benzene rings is 1. The summed E-state index contributed by atoms with van der Waals surface area (Å²) in [5.74, 6) is -1.52. The summed E-state index contributed by atoms with van der Waals surface area (Å²) < 4.78 is 6.69. The average Bonchev–Trinajstić information content (AvgIpc) is 3.49. The highest BCUT2D eigenvalue weighted by Crippen LogP contribution is 2.60. The first-order valence-corrected chi connectivity index (χ1v) is 15.5. The molecule has 5 aliphatic rings. The van der Waals surface area contributed by atoms with E-state index in [4.69, 9.17) is 4.74 Å². The molecule has 1 aromatic carbocycles. The molecule has 5 atom stereocenters. The lowest BCUT2D eigenvalue weighted by molar-refractivity contribution is -0.135. The molecule has 7 heteroatoms. The third kappa shape index (κ3) is 4.58. The fraction of sp³-hybridized carbons (Fsp3) is 0.667. The van der Waals surface area contributed by atoms with Gasteiger partial charge in [-0.2, -0.15) is 0 Å². The van der Waals surface area contributed by atoms with Gasteiger partial charge >= 0.3 is 0 Å². The van der Waals surface area contributed by atoms with Gasteiger partial charge in [0.2, 0.25) is 17.7 Å². The van der Waals surface area contributed by atoms with Crippen LogP contribution in [0.2, 0.25) is 0 Å². The van der Waals surface area contributed by atoms with Crippen LogP contribution in [0.25, 0.3) is 0 Å². The molecule has 7 nitrogen and oxygen atoms in total. The van der Waals surface area contributed by atoms with E-state index in [0.29, 0.717) is 11.6 Å². The smallest absolute Gasteiger partial charge is 0.246 e. The molecule has 2 aliphatic carbocycles. The van der Waals surface area contributed by atoms with Crippen LogP contribution in [0, 0.1) is 11.8 Å². The molecule has 216 valence electrons. The van der Waals surface area contributed by atoms with Crippen molar-refractivity contribution >= 4 is 23.4 Å². The molecular weight excluding hydrogens is 502 g/mol. The zero-order valence-corrected chi connectivity index (χ0v) is 24.5. The minimum atomic E-state index is -1.20. The monoisotopic (exact) mass is 547 g/mol. The van der Waals surface area contributed by atoms with Gasteiger partial charge in [0.1, 0.15) is 11.6 Å². The van der Waals surface area contributed by atoms with Crippen molar-refractivity contribution in [3.05, 3.63) is 42.0 Å². The Bertz CT molecular complexity index is 1190. The third-order valence-electron chi connectivity index (χ3n) is 9.93. The van der Waals surface area contributed by atoms with Crippen LogP contribution in [0.1, 0.15) is 103 Å². The second-order valence-corrected chi connectivity index (χ2v) is 14.0. The molecule has 2 saturated heterocycles. The molecule has 40 heavy (non-hydrogen) atoms. The van der Waals surface area contributed by atoms with Crippen LogP contribution < -0.4 is 15.5 Å². The summed E-state index contributed by atoms with van der Waals surface area (Å²) in [5, 5.41) is 6.37. The average molecular weight is 548 g/mol. The van der Waals surface area contributed by atoms with Crippen LogP contribution in [0.5, 0.6) is 0 Å². The van der Waals surface area contributed by atoms with E-state index in [0.717, 1.165) is 25.7 Å². The van der Waals surface area contributed by atoms with Crippen molar-refractivity contribution in [1.82, 2.24) is 10.6 Å². The fourth-order valence-corrected chi connectivity index (χ4v) is 8.13. The van der Waals surface area contributed by atoms with Crippen molar-refractivity contribution in [3.63, 3.8) is 0 Å². The minimum Gasteiger partial charge on any atom is -0.356 e. The molecule has 1 aromatic rings. The topological polar surface area (TPSA) is 87.7 Å². The predicted octanol–water partition coefficient (Wildman–Crippen LogP) is 5.14. The van der Waals surface area contributed by atoms with Gasteiger partial charge in [0.25, 0.3) is 0 Å². The summed E-state index contributed by atoms with van der Waals surface area (Å²) in [7, 11) is 0. The lowest BCUT2D eigenvalue weighted by Crippen LogP contribution is -2.58. The molecule has 1 spiro atoms. The van der Waals surface area contributed by atoms with Crippen molar-refractivity contribution in [2.24, 2.45) is 11.8 Å². The molecule has 6 rings (SSSR count). The zero-order valence-electron chi connectivity index (χ0n) is 24.5. The third-order valence-corrected chi connectivity index (χ3v) is 9.93. The molecule has 2 bridgehead atoms. The number of carbonyl (C=O) groups is 3. The molecule has 0 unspecified atom stereocenters. The molecule has 3 amide bonds. The van der Waals surface area contributed by atoms with Crippen molar-refractivity contribution < 1.29 is 19.1 Å². The van der Waals surface area contributed by atoms with E-state index in [2.05, 4.69) is 22.8 Å². The number of amides is 3. The van der Waals surface area contributed by atoms with Crippen molar-refractivity contribution in [2.75, 3.05) is 4.90 Å². The van der Waals surface area contributed by atoms with Crippen LogP contribution in [0.4, 0.5) is 5.69 Å². The van der Waals surface area contributed by atoms with Gasteiger partial charge in [-0.15, -0.1) is 0 Å². The Morgan fingerprint density at radius 2 is 1.52 bits per heavy atom. The summed E-state index contributed by atoms with van der Waals surface area (Å²) in [6.07, 6.45) is 15.3. The SMILES string of the molecule is CC(C)(C)NC(=O)[C@@H]1N(c2ccc(C3CCCCC3)cc2)C(=O)[C@H]2[C@@H](C(=O)NC3CCCCC3)[C@@]3(C)C=C[C@@]12O3. The minimum absolute atomic E-state index is 0.129. The van der Waals surface area contributed by atoms with Gasteiger partial charge in [-0.1, -0.05) is 62.8 Å². The van der Waals surface area contributed by atoms with E-state index in [-0.39, 0.29) is 23.8 Å². The van der Waals surface area contributed by atoms with Crippen LogP contribution >= 0.6 is 0 Å². The second-order valence-electron chi connectivity index (χ2n) is 14.0. The number of rotatable bonds is 5. The van der Waals surface area contributed by atoms with Crippen LogP contribution in [0.15, 0.2) is 36.4 Å². The Balaban J connectivity index is 1.36. The first-order chi connectivity index (χ1) is 19.0. The number of nitrogens with zero attached hydrogens (tertiary/aromatic N) is 1. The van der Waals surface area contributed by atoms with E-state index in [9.17, 15) is 14.4 Å². The highest BCUT2D eigenvalue weighted by Gasteiger charge is 2.76. The maximum atomic E-state index is 14.4. The van der Waals surface area contributed by atoms with Crippen LogP contribution in [0.3, 0.4) is 0 Å². The van der Waals surface area contributed by atoms with Gasteiger partial charge in [0.15, 0.2) is 0 Å². The molecule has 2 N–H and O–H groups in total. The van der Waals surface area contributed by atoms with Gasteiger partial charge in [-0.25, -0.2) is 0 Å². The Hall–Kier alpha value is -2.67. The molecule has 0 aromatic heterocycles. The predicted molar refractivity (Wildman–Crippen MR) is 155 cm³/mol. The number of ether oxygens (including phenoxy) is 1.